The summed E-state index contributed by atoms with van der Waals surface area (Å²) in [4.78, 5) is 2.51. The number of thioether (sulfide) groups is 1. The molecule has 0 aliphatic carbocycles. The van der Waals surface area contributed by atoms with Crippen molar-refractivity contribution in [2.75, 3.05) is 19.7 Å². The fourth-order valence-electron chi connectivity index (χ4n) is 2.57. The van der Waals surface area contributed by atoms with E-state index in [1.165, 1.54) is 5.56 Å². The smallest absolute Gasteiger partial charge is 0.104 e. The van der Waals surface area contributed by atoms with E-state index >= 15 is 0 Å². The van der Waals surface area contributed by atoms with Gasteiger partial charge in [0.1, 0.15) is 6.61 Å². The molecule has 2 rings (SSSR count). The number of benzene rings is 1. The van der Waals surface area contributed by atoms with Gasteiger partial charge in [-0.05, 0) is 11.6 Å². The number of nitrogens with zero attached hydrogens (tertiary/aromatic N) is 1. The van der Waals surface area contributed by atoms with Crippen LogP contribution >= 0.6 is 11.8 Å². The zero-order valence-electron chi connectivity index (χ0n) is 11.6. The largest absolute Gasteiger partial charge is 0.384 e. The zero-order valence-corrected chi connectivity index (χ0v) is 12.4. The molecule has 3 heteroatoms. The summed E-state index contributed by atoms with van der Waals surface area (Å²) in [5, 5.41) is 10.2. The number of hydrogen-bond acceptors (Lipinski definition) is 3. The number of aliphatic hydroxyl groups is 1. The molecule has 1 aromatic rings. The molecule has 0 bridgehead atoms. The van der Waals surface area contributed by atoms with Gasteiger partial charge in [-0.3, -0.25) is 4.90 Å². The second-order valence-corrected chi connectivity index (χ2v) is 6.95. The lowest BCUT2D eigenvalue weighted by Gasteiger charge is -2.34. The Hall–Kier alpha value is -0.950. The van der Waals surface area contributed by atoms with Gasteiger partial charge in [0.15, 0.2) is 0 Å². The maximum Gasteiger partial charge on any atom is 0.104 e. The van der Waals surface area contributed by atoms with Crippen molar-refractivity contribution in [2.24, 2.45) is 0 Å². The minimum atomic E-state index is -0.0806. The first kappa shape index (κ1) is 14.5. The van der Waals surface area contributed by atoms with Crippen molar-refractivity contribution >= 4 is 11.8 Å². The van der Waals surface area contributed by atoms with Gasteiger partial charge >= 0.3 is 0 Å². The molecule has 1 heterocycles. The molecular weight excluding hydrogens is 254 g/mol. The van der Waals surface area contributed by atoms with Gasteiger partial charge in [0.2, 0.25) is 0 Å². The van der Waals surface area contributed by atoms with Gasteiger partial charge in [0.05, 0.1) is 0 Å². The molecule has 1 saturated heterocycles. The summed E-state index contributed by atoms with van der Waals surface area (Å²) >= 11 is 2.07. The lowest BCUT2D eigenvalue weighted by Crippen LogP contribution is -2.39. The van der Waals surface area contributed by atoms with E-state index in [1.807, 2.05) is 12.1 Å². The second kappa shape index (κ2) is 7.00. The Morgan fingerprint density at radius 1 is 1.26 bits per heavy atom. The van der Waals surface area contributed by atoms with Gasteiger partial charge in [0, 0.05) is 35.7 Å². The average Bonchev–Trinajstić information content (AvgIpc) is 2.36. The zero-order chi connectivity index (χ0) is 13.7. The van der Waals surface area contributed by atoms with Crippen LogP contribution in [0.4, 0.5) is 0 Å². The van der Waals surface area contributed by atoms with Crippen molar-refractivity contribution in [3.63, 3.8) is 0 Å². The third kappa shape index (κ3) is 4.28. The first-order valence-corrected chi connectivity index (χ1v) is 7.68. The van der Waals surface area contributed by atoms with Crippen molar-refractivity contribution < 1.29 is 5.11 Å². The molecule has 1 aromatic carbocycles. The van der Waals surface area contributed by atoms with Crippen LogP contribution in [0.5, 0.6) is 0 Å². The molecule has 102 valence electrons. The van der Waals surface area contributed by atoms with E-state index in [4.69, 9.17) is 5.11 Å². The molecule has 0 spiro atoms. The second-order valence-electron chi connectivity index (χ2n) is 5.07. The highest BCUT2D eigenvalue weighted by molar-refractivity contribution is 8.00. The summed E-state index contributed by atoms with van der Waals surface area (Å²) in [7, 11) is 0. The van der Waals surface area contributed by atoms with Gasteiger partial charge < -0.3 is 5.11 Å². The molecule has 0 amide bonds. The Kier molecular flexibility index (Phi) is 5.33. The van der Waals surface area contributed by atoms with Gasteiger partial charge in [-0.2, -0.15) is 11.8 Å². The van der Waals surface area contributed by atoms with Crippen LogP contribution < -0.4 is 0 Å². The molecule has 2 nitrogen and oxygen atoms in total. The lowest BCUT2D eigenvalue weighted by atomic mass is 10.1. The normalized spacial score (nSPS) is 23.7. The Labute approximate surface area is 120 Å². The Morgan fingerprint density at radius 3 is 2.63 bits per heavy atom. The van der Waals surface area contributed by atoms with Gasteiger partial charge in [0.25, 0.3) is 0 Å². The first-order valence-electron chi connectivity index (χ1n) is 6.74. The summed E-state index contributed by atoms with van der Waals surface area (Å²) in [6.07, 6.45) is 0. The van der Waals surface area contributed by atoms with E-state index < -0.39 is 0 Å². The molecule has 19 heavy (non-hydrogen) atoms. The molecule has 1 aliphatic rings. The molecule has 1 N–H and O–H groups in total. The van der Waals surface area contributed by atoms with E-state index in [1.54, 1.807) is 0 Å². The minimum absolute atomic E-state index is 0.0806. The highest BCUT2D eigenvalue weighted by Gasteiger charge is 2.22. The Morgan fingerprint density at radius 2 is 1.95 bits per heavy atom. The third-order valence-electron chi connectivity index (χ3n) is 3.21. The van der Waals surface area contributed by atoms with E-state index in [9.17, 15) is 0 Å². The summed E-state index contributed by atoms with van der Waals surface area (Å²) in [6, 6.07) is 8.23. The molecule has 2 unspecified atom stereocenters. The fraction of sp³-hybridized carbons (Fsp3) is 0.500. The van der Waals surface area contributed by atoms with E-state index in [0.717, 1.165) is 25.2 Å². The number of hydrogen-bond donors (Lipinski definition) is 1. The quantitative estimate of drug-likeness (QED) is 0.838. The van der Waals surface area contributed by atoms with E-state index in [2.05, 4.69) is 54.5 Å². The monoisotopic (exact) mass is 275 g/mol. The molecule has 2 atom stereocenters. The van der Waals surface area contributed by atoms with Crippen molar-refractivity contribution in [3.8, 4) is 11.8 Å². The molecular formula is C16H21NOS. The highest BCUT2D eigenvalue weighted by Crippen LogP contribution is 2.26. The lowest BCUT2D eigenvalue weighted by molar-refractivity contribution is 0.262. The third-order valence-corrected chi connectivity index (χ3v) is 4.44. The van der Waals surface area contributed by atoms with Crippen LogP contribution in [-0.4, -0.2) is 40.2 Å². The van der Waals surface area contributed by atoms with Gasteiger partial charge in [-0.15, -0.1) is 0 Å². The van der Waals surface area contributed by atoms with Gasteiger partial charge in [-0.25, -0.2) is 0 Å². The summed E-state index contributed by atoms with van der Waals surface area (Å²) < 4.78 is 0. The van der Waals surface area contributed by atoms with E-state index in [-0.39, 0.29) is 6.61 Å². The van der Waals surface area contributed by atoms with E-state index in [0.29, 0.717) is 10.5 Å². The molecule has 0 radical (unpaired) electrons. The summed E-state index contributed by atoms with van der Waals surface area (Å²) in [5.41, 5.74) is 2.30. The Bertz CT molecular complexity index is 467. The standard InChI is InChI=1S/C16H21NOS/c1-13-10-17(11-14(2)19-13)12-16-7-4-3-6-15(16)8-5-9-18/h3-4,6-7,13-14,18H,9-12H2,1-2H3. The van der Waals surface area contributed by atoms with Crippen LogP contribution in [0.3, 0.4) is 0 Å². The van der Waals surface area contributed by atoms with Crippen molar-refractivity contribution in [2.45, 2.75) is 30.9 Å². The highest BCUT2D eigenvalue weighted by atomic mass is 32.2. The molecule has 0 aromatic heterocycles. The average molecular weight is 275 g/mol. The van der Waals surface area contributed by atoms with Gasteiger partial charge in [-0.1, -0.05) is 43.9 Å². The topological polar surface area (TPSA) is 23.5 Å². The van der Waals surface area contributed by atoms with Crippen LogP contribution in [0.25, 0.3) is 0 Å². The number of rotatable bonds is 2. The number of aliphatic hydroxyl groups excluding tert-OH is 1. The molecule has 0 saturated carbocycles. The maximum atomic E-state index is 8.82. The SMILES string of the molecule is CC1CN(Cc2ccccc2C#CCO)CC(C)S1. The van der Waals surface area contributed by atoms with Crippen LogP contribution in [-0.2, 0) is 6.54 Å². The van der Waals surface area contributed by atoms with Crippen LogP contribution in [0.1, 0.15) is 25.0 Å². The minimum Gasteiger partial charge on any atom is -0.384 e. The fourth-order valence-corrected chi connectivity index (χ4v) is 3.96. The molecule has 1 fully saturated rings. The van der Waals surface area contributed by atoms with Crippen molar-refractivity contribution in [1.29, 1.82) is 0 Å². The summed E-state index contributed by atoms with van der Waals surface area (Å²) in [5.74, 6) is 5.79. The van der Waals surface area contributed by atoms with Crippen molar-refractivity contribution in [3.05, 3.63) is 35.4 Å². The van der Waals surface area contributed by atoms with Crippen LogP contribution in [0, 0.1) is 11.8 Å². The van der Waals surface area contributed by atoms with Crippen LogP contribution in [0.2, 0.25) is 0 Å². The Balaban J connectivity index is 2.10. The predicted octanol–water partition coefficient (Wildman–Crippen LogP) is 2.36. The maximum absolute atomic E-state index is 8.82. The first-order chi connectivity index (χ1) is 9.19. The van der Waals surface area contributed by atoms with Crippen molar-refractivity contribution in [1.82, 2.24) is 4.90 Å². The predicted molar refractivity (Wildman–Crippen MR) is 82.2 cm³/mol. The molecule has 1 aliphatic heterocycles. The van der Waals surface area contributed by atoms with Crippen LogP contribution in [0.15, 0.2) is 24.3 Å². The summed E-state index contributed by atoms with van der Waals surface area (Å²) in [6.45, 7) is 7.73.